The molecule has 8 heteroatoms. The highest BCUT2D eigenvalue weighted by Crippen LogP contribution is 2.16. The van der Waals surface area contributed by atoms with E-state index in [1.165, 1.54) is 4.68 Å². The van der Waals surface area contributed by atoms with E-state index in [2.05, 4.69) is 15.7 Å². The smallest absolute Gasteiger partial charge is 0.276 e. The molecule has 0 aliphatic rings. The number of rotatable bonds is 9. The molecule has 8 nitrogen and oxygen atoms in total. The maximum absolute atomic E-state index is 13.0. The first-order chi connectivity index (χ1) is 15.0. The van der Waals surface area contributed by atoms with Gasteiger partial charge in [0.25, 0.3) is 17.4 Å². The second-order valence-corrected chi connectivity index (χ2v) is 6.86. The van der Waals surface area contributed by atoms with Crippen molar-refractivity contribution in [3.8, 4) is 0 Å². The van der Waals surface area contributed by atoms with Crippen LogP contribution in [-0.2, 0) is 11.3 Å². The van der Waals surface area contributed by atoms with Crippen LogP contribution in [0.15, 0.2) is 53.3 Å². The van der Waals surface area contributed by atoms with Gasteiger partial charge in [-0.15, -0.1) is 0 Å². The summed E-state index contributed by atoms with van der Waals surface area (Å²) in [6, 6.07) is 13.6. The molecule has 3 aromatic rings. The number of hydrogen-bond acceptors (Lipinski definition) is 5. The molecule has 0 saturated carbocycles. The molecule has 0 saturated heterocycles. The Morgan fingerprint density at radius 3 is 2.55 bits per heavy atom. The number of fused-ring (bicyclic) bond motifs is 1. The molecule has 2 N–H and O–H groups in total. The van der Waals surface area contributed by atoms with Gasteiger partial charge in [0.1, 0.15) is 0 Å². The third kappa shape index (κ3) is 5.35. The maximum Gasteiger partial charge on any atom is 0.276 e. The minimum absolute atomic E-state index is 0.155. The molecule has 2 aromatic carbocycles. The molecule has 0 unspecified atom stereocenters. The number of amides is 2. The summed E-state index contributed by atoms with van der Waals surface area (Å²) in [5, 5.41) is 10.8. The van der Waals surface area contributed by atoms with Crippen molar-refractivity contribution in [1.82, 2.24) is 15.1 Å². The summed E-state index contributed by atoms with van der Waals surface area (Å²) in [6.45, 7) is 5.81. The molecule has 3 rings (SSSR count). The lowest BCUT2D eigenvalue weighted by atomic mass is 10.1. The average molecular weight is 422 g/mol. The van der Waals surface area contributed by atoms with Gasteiger partial charge in [0.2, 0.25) is 0 Å². The Hall–Kier alpha value is -3.52. The Kier molecular flexibility index (Phi) is 7.50. The topological polar surface area (TPSA) is 102 Å². The van der Waals surface area contributed by atoms with Crippen LogP contribution in [0.3, 0.4) is 0 Å². The highest BCUT2D eigenvalue weighted by Gasteiger charge is 2.17. The molecule has 31 heavy (non-hydrogen) atoms. The molecule has 162 valence electrons. The Morgan fingerprint density at radius 2 is 1.81 bits per heavy atom. The molecule has 0 bridgehead atoms. The molecule has 0 fully saturated rings. The lowest BCUT2D eigenvalue weighted by molar-refractivity contribution is 0.0942. The van der Waals surface area contributed by atoms with E-state index in [-0.39, 0.29) is 17.2 Å². The van der Waals surface area contributed by atoms with E-state index in [0.29, 0.717) is 48.3 Å². The molecular formula is C23H26N4O4. The van der Waals surface area contributed by atoms with Crippen molar-refractivity contribution in [2.45, 2.75) is 26.8 Å². The van der Waals surface area contributed by atoms with E-state index in [1.54, 1.807) is 55.5 Å². The normalized spacial score (nSPS) is 10.8. The van der Waals surface area contributed by atoms with Crippen LogP contribution in [0, 0.1) is 0 Å². The van der Waals surface area contributed by atoms with Crippen LogP contribution >= 0.6 is 0 Å². The van der Waals surface area contributed by atoms with Gasteiger partial charge in [-0.05, 0) is 44.5 Å². The van der Waals surface area contributed by atoms with Crippen molar-refractivity contribution in [3.63, 3.8) is 0 Å². The molecular weight excluding hydrogens is 396 g/mol. The van der Waals surface area contributed by atoms with Crippen LogP contribution in [0.4, 0.5) is 5.69 Å². The Bertz CT molecular complexity index is 1140. The minimum Gasteiger partial charge on any atom is -0.382 e. The largest absolute Gasteiger partial charge is 0.382 e. The fourth-order valence-electron chi connectivity index (χ4n) is 3.17. The van der Waals surface area contributed by atoms with E-state index >= 15 is 0 Å². The molecule has 0 spiro atoms. The van der Waals surface area contributed by atoms with E-state index in [1.807, 2.05) is 6.92 Å². The lowest BCUT2D eigenvalue weighted by Gasteiger charge is -2.11. The quantitative estimate of drug-likeness (QED) is 0.516. The third-order valence-corrected chi connectivity index (χ3v) is 4.72. The standard InChI is InChI=1S/C23H26N4O4/c1-3-27-23(30)19-12-6-5-11-18(19)20(26-27)22(29)25-17-10-7-9-16(15-17)21(28)24-13-8-14-31-4-2/h5-7,9-12,15H,3-4,8,13-14H2,1-2H3,(H,24,28)(H,25,29). The van der Waals surface area contributed by atoms with Gasteiger partial charge in [-0.25, -0.2) is 4.68 Å². The van der Waals surface area contributed by atoms with E-state index in [9.17, 15) is 14.4 Å². The fraction of sp³-hybridized carbons (Fsp3) is 0.304. The minimum atomic E-state index is -0.451. The van der Waals surface area contributed by atoms with Crippen LogP contribution < -0.4 is 16.2 Å². The van der Waals surface area contributed by atoms with Crippen molar-refractivity contribution in [1.29, 1.82) is 0 Å². The number of aryl methyl sites for hydroxylation is 1. The molecule has 1 heterocycles. The van der Waals surface area contributed by atoms with E-state index < -0.39 is 5.91 Å². The second-order valence-electron chi connectivity index (χ2n) is 6.86. The van der Waals surface area contributed by atoms with Crippen LogP contribution in [0.2, 0.25) is 0 Å². The van der Waals surface area contributed by atoms with Gasteiger partial charge < -0.3 is 15.4 Å². The van der Waals surface area contributed by atoms with Crippen molar-refractivity contribution in [2.75, 3.05) is 25.1 Å². The lowest BCUT2D eigenvalue weighted by Crippen LogP contribution is -2.27. The number of nitrogens with zero attached hydrogens (tertiary/aromatic N) is 2. The third-order valence-electron chi connectivity index (χ3n) is 4.72. The van der Waals surface area contributed by atoms with Gasteiger partial charge >= 0.3 is 0 Å². The highest BCUT2D eigenvalue weighted by atomic mass is 16.5. The van der Waals surface area contributed by atoms with Gasteiger partial charge in [0, 0.05) is 42.9 Å². The first kappa shape index (κ1) is 22.2. The van der Waals surface area contributed by atoms with Crippen LogP contribution in [-0.4, -0.2) is 41.4 Å². The second kappa shape index (κ2) is 10.5. The van der Waals surface area contributed by atoms with Crippen LogP contribution in [0.1, 0.15) is 41.1 Å². The monoisotopic (exact) mass is 422 g/mol. The van der Waals surface area contributed by atoms with E-state index in [0.717, 1.165) is 6.42 Å². The van der Waals surface area contributed by atoms with E-state index in [4.69, 9.17) is 4.74 Å². The summed E-state index contributed by atoms with van der Waals surface area (Å²) in [5.41, 5.74) is 0.818. The zero-order valence-corrected chi connectivity index (χ0v) is 17.7. The molecule has 0 aliphatic carbocycles. The number of carbonyl (C=O) groups is 2. The first-order valence-corrected chi connectivity index (χ1v) is 10.3. The average Bonchev–Trinajstić information content (AvgIpc) is 2.79. The highest BCUT2D eigenvalue weighted by molar-refractivity contribution is 6.11. The number of anilines is 1. The number of benzene rings is 2. The summed E-state index contributed by atoms with van der Waals surface area (Å²) >= 11 is 0. The van der Waals surface area contributed by atoms with Gasteiger partial charge in [-0.1, -0.05) is 24.3 Å². The SMILES string of the molecule is CCOCCCNC(=O)c1cccc(NC(=O)c2nn(CC)c(=O)c3ccccc23)c1. The number of hydrogen-bond donors (Lipinski definition) is 2. The number of carbonyl (C=O) groups excluding carboxylic acids is 2. The number of aromatic nitrogens is 2. The Morgan fingerprint density at radius 1 is 1.03 bits per heavy atom. The van der Waals surface area contributed by atoms with Crippen molar-refractivity contribution in [3.05, 3.63) is 70.1 Å². The molecule has 0 aliphatic heterocycles. The van der Waals surface area contributed by atoms with Crippen molar-refractivity contribution in [2.24, 2.45) is 0 Å². The number of ether oxygens (including phenoxy) is 1. The van der Waals surface area contributed by atoms with Gasteiger partial charge in [-0.2, -0.15) is 5.10 Å². The summed E-state index contributed by atoms with van der Waals surface area (Å²) < 4.78 is 6.52. The van der Waals surface area contributed by atoms with Crippen molar-refractivity contribution < 1.29 is 14.3 Å². The Balaban J connectivity index is 1.77. The molecule has 1 aromatic heterocycles. The summed E-state index contributed by atoms with van der Waals surface area (Å²) in [4.78, 5) is 37.8. The summed E-state index contributed by atoms with van der Waals surface area (Å²) in [6.07, 6.45) is 0.724. The maximum atomic E-state index is 13.0. The molecule has 0 atom stereocenters. The molecule has 0 radical (unpaired) electrons. The van der Waals surface area contributed by atoms with Gasteiger partial charge in [-0.3, -0.25) is 14.4 Å². The van der Waals surface area contributed by atoms with Crippen LogP contribution in [0.25, 0.3) is 10.8 Å². The fourth-order valence-corrected chi connectivity index (χ4v) is 3.17. The Labute approximate surface area is 180 Å². The predicted octanol–water partition coefficient (Wildman–Crippen LogP) is 2.83. The van der Waals surface area contributed by atoms with Crippen LogP contribution in [0.5, 0.6) is 0 Å². The van der Waals surface area contributed by atoms with Gasteiger partial charge in [0.05, 0.1) is 5.39 Å². The zero-order chi connectivity index (χ0) is 22.2. The zero-order valence-electron chi connectivity index (χ0n) is 17.7. The van der Waals surface area contributed by atoms with Crippen molar-refractivity contribution >= 4 is 28.3 Å². The summed E-state index contributed by atoms with van der Waals surface area (Å²) in [7, 11) is 0. The summed E-state index contributed by atoms with van der Waals surface area (Å²) in [5.74, 6) is -0.677. The van der Waals surface area contributed by atoms with Gasteiger partial charge in [0.15, 0.2) is 5.69 Å². The first-order valence-electron chi connectivity index (χ1n) is 10.3. The number of nitrogens with one attached hydrogen (secondary N) is 2. The predicted molar refractivity (Wildman–Crippen MR) is 120 cm³/mol. The molecule has 2 amide bonds.